The Balaban J connectivity index is 2.05. The second kappa shape index (κ2) is 10.3. The Bertz CT molecular complexity index is 531. The number of morpholine rings is 1. The van der Waals surface area contributed by atoms with Crippen LogP contribution in [0.25, 0.3) is 0 Å². The molecule has 3 rings (SSSR count). The third kappa shape index (κ3) is 5.18. The maximum absolute atomic E-state index is 5.98. The lowest BCUT2D eigenvalue weighted by atomic mass is 10.2. The minimum absolute atomic E-state index is 0.0953. The molecule has 0 aromatic carbocycles. The molecule has 3 aliphatic heterocycles. The zero-order valence-corrected chi connectivity index (χ0v) is 20.1. The fraction of sp³-hybridized carbons (Fsp3) is 0.952. The van der Waals surface area contributed by atoms with Gasteiger partial charge in [-0.05, 0) is 37.9 Å². The van der Waals surface area contributed by atoms with Gasteiger partial charge in [-0.3, -0.25) is 9.34 Å². The third-order valence-electron chi connectivity index (χ3n) is 6.36. The average molecular weight is 429 g/mol. The van der Waals surface area contributed by atoms with Gasteiger partial charge in [0.05, 0.1) is 13.2 Å². The van der Waals surface area contributed by atoms with Gasteiger partial charge < -0.3 is 9.64 Å². The SMILES string of the molecule is CC(C)(C)P(=NC(=S)N1CCOCC1)(N1CCCCCC1)N1CCCCCC1. The summed E-state index contributed by atoms with van der Waals surface area (Å²) in [5.41, 5.74) is 0. The molecule has 0 aromatic heterocycles. The van der Waals surface area contributed by atoms with E-state index in [0.717, 1.165) is 31.4 Å². The molecule has 7 heteroatoms. The Morgan fingerprint density at radius 3 is 1.57 bits per heavy atom. The highest BCUT2D eigenvalue weighted by Crippen LogP contribution is 2.67. The van der Waals surface area contributed by atoms with Gasteiger partial charge in [0, 0.05) is 44.4 Å². The van der Waals surface area contributed by atoms with Gasteiger partial charge in [0.1, 0.15) is 7.36 Å². The number of ether oxygens (including phenoxy) is 1. The highest BCUT2D eigenvalue weighted by atomic mass is 32.1. The largest absolute Gasteiger partial charge is 0.378 e. The van der Waals surface area contributed by atoms with E-state index in [0.29, 0.717) is 0 Å². The monoisotopic (exact) mass is 428 g/mol. The van der Waals surface area contributed by atoms with Crippen molar-refractivity contribution in [2.45, 2.75) is 77.3 Å². The fourth-order valence-electron chi connectivity index (χ4n) is 4.91. The first kappa shape index (κ1) is 22.7. The molecule has 3 saturated heterocycles. The third-order valence-corrected chi connectivity index (χ3v) is 11.5. The van der Waals surface area contributed by atoms with Crippen LogP contribution in [0.4, 0.5) is 0 Å². The summed E-state index contributed by atoms with van der Waals surface area (Å²) in [4.78, 5) is 2.29. The van der Waals surface area contributed by atoms with E-state index in [1.54, 1.807) is 0 Å². The lowest BCUT2D eigenvalue weighted by Gasteiger charge is -2.51. The number of hydrogen-bond donors (Lipinski definition) is 0. The minimum atomic E-state index is -1.94. The van der Waals surface area contributed by atoms with E-state index in [1.807, 2.05) is 0 Å². The summed E-state index contributed by atoms with van der Waals surface area (Å²) in [7, 11) is -1.94. The Kier molecular flexibility index (Phi) is 8.38. The topological polar surface area (TPSA) is 31.3 Å². The predicted octanol–water partition coefficient (Wildman–Crippen LogP) is 5.19. The van der Waals surface area contributed by atoms with Crippen molar-refractivity contribution in [3.8, 4) is 0 Å². The van der Waals surface area contributed by atoms with Crippen molar-refractivity contribution in [2.24, 2.45) is 4.74 Å². The van der Waals surface area contributed by atoms with Crippen LogP contribution in [0.5, 0.6) is 0 Å². The van der Waals surface area contributed by atoms with Gasteiger partial charge in [-0.25, -0.2) is 4.74 Å². The molecule has 3 heterocycles. The molecule has 0 atom stereocenters. The van der Waals surface area contributed by atoms with Crippen molar-refractivity contribution in [3.63, 3.8) is 0 Å². The van der Waals surface area contributed by atoms with Gasteiger partial charge in [-0.1, -0.05) is 46.5 Å². The molecular formula is C21H41N4OPS. The smallest absolute Gasteiger partial charge is 0.196 e. The molecule has 0 spiro atoms. The van der Waals surface area contributed by atoms with Crippen molar-refractivity contribution in [2.75, 3.05) is 52.5 Å². The summed E-state index contributed by atoms with van der Waals surface area (Å²) in [5, 5.41) is 0.929. The zero-order chi connectivity index (χ0) is 20.0. The van der Waals surface area contributed by atoms with Gasteiger partial charge in [-0.15, -0.1) is 0 Å². The lowest BCUT2D eigenvalue weighted by molar-refractivity contribution is 0.0686. The van der Waals surface area contributed by atoms with E-state index >= 15 is 0 Å². The van der Waals surface area contributed by atoms with Gasteiger partial charge in [0.2, 0.25) is 0 Å². The molecule has 0 amide bonds. The lowest BCUT2D eigenvalue weighted by Crippen LogP contribution is -2.44. The Labute approximate surface area is 178 Å². The molecule has 28 heavy (non-hydrogen) atoms. The van der Waals surface area contributed by atoms with Gasteiger partial charge in [0.15, 0.2) is 5.11 Å². The predicted molar refractivity (Wildman–Crippen MR) is 124 cm³/mol. The molecule has 5 nitrogen and oxygen atoms in total. The molecule has 3 aliphatic rings. The van der Waals surface area contributed by atoms with Crippen LogP contribution >= 0.6 is 19.6 Å². The molecule has 0 saturated carbocycles. The summed E-state index contributed by atoms with van der Waals surface area (Å²) < 4.78 is 16.8. The van der Waals surface area contributed by atoms with Crippen LogP contribution in [0.15, 0.2) is 4.74 Å². The first-order valence-corrected chi connectivity index (χ1v) is 13.5. The standard InChI is InChI=1S/C21H41N4OPS/c1-21(2,3)27(24-12-8-4-5-9-13-24,25-14-10-6-7-11-15-25)22-20(28)23-16-18-26-19-17-23/h4-19H2,1-3H3. The van der Waals surface area contributed by atoms with E-state index in [1.165, 1.54) is 77.5 Å². The molecule has 0 N–H and O–H groups in total. The maximum atomic E-state index is 5.98. The minimum Gasteiger partial charge on any atom is -0.378 e. The van der Waals surface area contributed by atoms with Crippen LogP contribution in [-0.4, -0.2) is 77.0 Å². The van der Waals surface area contributed by atoms with Gasteiger partial charge in [-0.2, -0.15) is 0 Å². The molecule has 3 fully saturated rings. The van der Waals surface area contributed by atoms with Crippen LogP contribution in [0.3, 0.4) is 0 Å². The van der Waals surface area contributed by atoms with E-state index in [9.17, 15) is 0 Å². The summed E-state index contributed by atoms with van der Waals surface area (Å²) in [6.45, 7) is 15.3. The van der Waals surface area contributed by atoms with Gasteiger partial charge >= 0.3 is 0 Å². The molecule has 0 aliphatic carbocycles. The van der Waals surface area contributed by atoms with E-state index in [2.05, 4.69) is 35.0 Å². The fourth-order valence-corrected chi connectivity index (χ4v) is 10.1. The molecule has 0 bridgehead atoms. The van der Waals surface area contributed by atoms with E-state index in [-0.39, 0.29) is 5.16 Å². The summed E-state index contributed by atoms with van der Waals surface area (Å²) in [5.74, 6) is 0. The van der Waals surface area contributed by atoms with Crippen LogP contribution in [-0.2, 0) is 4.74 Å². The maximum Gasteiger partial charge on any atom is 0.196 e. The second-order valence-corrected chi connectivity index (χ2v) is 13.6. The summed E-state index contributed by atoms with van der Waals surface area (Å²) >= 11 is 5.98. The normalized spacial score (nSPS) is 24.5. The number of nitrogens with zero attached hydrogens (tertiary/aromatic N) is 4. The average Bonchev–Trinajstić information content (AvgIpc) is 3.11. The first-order valence-electron chi connectivity index (χ1n) is 11.4. The number of hydrogen-bond acceptors (Lipinski definition) is 2. The van der Waals surface area contributed by atoms with Crippen molar-refractivity contribution < 1.29 is 4.74 Å². The second-order valence-electron chi connectivity index (χ2n) is 9.46. The Morgan fingerprint density at radius 2 is 1.18 bits per heavy atom. The summed E-state index contributed by atoms with van der Waals surface area (Å²) in [6.07, 6.45) is 10.6. The van der Waals surface area contributed by atoms with Crippen molar-refractivity contribution in [1.82, 2.24) is 14.2 Å². The van der Waals surface area contributed by atoms with Crippen LogP contribution < -0.4 is 0 Å². The molecular weight excluding hydrogens is 387 g/mol. The van der Waals surface area contributed by atoms with Crippen LogP contribution in [0.2, 0.25) is 0 Å². The van der Waals surface area contributed by atoms with Crippen molar-refractivity contribution >= 4 is 24.7 Å². The Morgan fingerprint density at radius 1 is 0.750 bits per heavy atom. The van der Waals surface area contributed by atoms with Gasteiger partial charge in [0.25, 0.3) is 0 Å². The summed E-state index contributed by atoms with van der Waals surface area (Å²) in [6, 6.07) is 0. The number of thiocarbonyl (C=S) groups is 1. The molecule has 0 radical (unpaired) electrons. The molecule has 162 valence electrons. The Hall–Kier alpha value is -0.0000000000000000694. The highest BCUT2D eigenvalue weighted by Gasteiger charge is 2.45. The molecule has 0 aromatic rings. The van der Waals surface area contributed by atoms with E-state index in [4.69, 9.17) is 21.7 Å². The van der Waals surface area contributed by atoms with E-state index < -0.39 is 7.36 Å². The quantitative estimate of drug-likeness (QED) is 0.447. The van der Waals surface area contributed by atoms with Crippen LogP contribution in [0, 0.1) is 0 Å². The van der Waals surface area contributed by atoms with Crippen LogP contribution in [0.1, 0.15) is 72.1 Å². The number of rotatable bonds is 2. The highest BCUT2D eigenvalue weighted by molar-refractivity contribution is 7.81. The van der Waals surface area contributed by atoms with Crippen molar-refractivity contribution in [3.05, 3.63) is 0 Å². The zero-order valence-electron chi connectivity index (χ0n) is 18.4. The molecule has 0 unspecified atom stereocenters. The first-order chi connectivity index (χ1) is 13.4. The van der Waals surface area contributed by atoms with Crippen molar-refractivity contribution in [1.29, 1.82) is 0 Å².